The van der Waals surface area contributed by atoms with E-state index < -0.39 is 0 Å². The number of hydrogen-bond acceptors (Lipinski definition) is 5. The van der Waals surface area contributed by atoms with Gasteiger partial charge in [0.15, 0.2) is 5.76 Å². The standard InChI is InChI=1S/C23H29ClO5/c1-3-8-17-14-18(24)10-11-21(17)27-12-6-5-7-13-28-23-20(26)15-19(16-25)29-22(23)9-4-2/h4,9-11,14-15,25H,3,5-8,12-13,16H2,1-2H3. The molecule has 0 aliphatic heterocycles. The molecule has 0 amide bonds. The van der Waals surface area contributed by atoms with E-state index in [4.69, 9.17) is 30.6 Å². The van der Waals surface area contributed by atoms with Gasteiger partial charge in [0.05, 0.1) is 13.2 Å². The summed E-state index contributed by atoms with van der Waals surface area (Å²) in [5, 5.41) is 9.90. The van der Waals surface area contributed by atoms with Crippen LogP contribution in [0.5, 0.6) is 11.5 Å². The summed E-state index contributed by atoms with van der Waals surface area (Å²) < 4.78 is 17.0. The van der Waals surface area contributed by atoms with Crippen LogP contribution in [0, 0.1) is 0 Å². The molecule has 1 aromatic carbocycles. The maximum atomic E-state index is 12.2. The summed E-state index contributed by atoms with van der Waals surface area (Å²) in [6.07, 6.45) is 7.98. The van der Waals surface area contributed by atoms with Gasteiger partial charge in [-0.25, -0.2) is 0 Å². The van der Waals surface area contributed by atoms with Crippen LogP contribution in [0.4, 0.5) is 0 Å². The number of unbranched alkanes of at least 4 members (excludes halogenated alkanes) is 2. The molecule has 29 heavy (non-hydrogen) atoms. The number of allylic oxidation sites excluding steroid dienone is 1. The largest absolute Gasteiger partial charge is 0.493 e. The minimum absolute atomic E-state index is 0.182. The van der Waals surface area contributed by atoms with Crippen molar-refractivity contribution >= 4 is 17.7 Å². The summed E-state index contributed by atoms with van der Waals surface area (Å²) in [5.74, 6) is 1.63. The molecule has 5 nitrogen and oxygen atoms in total. The smallest absolute Gasteiger partial charge is 0.227 e. The Labute approximate surface area is 176 Å². The van der Waals surface area contributed by atoms with Crippen LogP contribution in [-0.4, -0.2) is 18.3 Å². The van der Waals surface area contributed by atoms with Crippen LogP contribution in [0.25, 0.3) is 6.08 Å². The second kappa shape index (κ2) is 12.3. The van der Waals surface area contributed by atoms with Gasteiger partial charge in [-0.1, -0.05) is 31.0 Å². The van der Waals surface area contributed by atoms with Crippen molar-refractivity contribution in [1.29, 1.82) is 0 Å². The highest BCUT2D eigenvalue weighted by atomic mass is 35.5. The Kier molecular flexibility index (Phi) is 9.81. The number of aryl methyl sites for hydroxylation is 1. The second-order valence-electron chi connectivity index (χ2n) is 6.69. The van der Waals surface area contributed by atoms with E-state index in [9.17, 15) is 4.79 Å². The van der Waals surface area contributed by atoms with Gasteiger partial charge >= 0.3 is 0 Å². The monoisotopic (exact) mass is 420 g/mol. The number of benzene rings is 1. The van der Waals surface area contributed by atoms with Gasteiger partial charge in [0.1, 0.15) is 18.1 Å². The third-order valence-corrected chi connectivity index (χ3v) is 4.52. The fraction of sp³-hybridized carbons (Fsp3) is 0.435. The van der Waals surface area contributed by atoms with Crippen molar-refractivity contribution in [3.63, 3.8) is 0 Å². The highest BCUT2D eigenvalue weighted by molar-refractivity contribution is 6.30. The SMILES string of the molecule is CC=Cc1oc(CO)cc(=O)c1OCCCCCOc1ccc(Cl)cc1CCC. The van der Waals surface area contributed by atoms with E-state index in [0.717, 1.165) is 48.4 Å². The van der Waals surface area contributed by atoms with E-state index in [2.05, 4.69) is 6.92 Å². The Morgan fingerprint density at radius 1 is 1.14 bits per heavy atom. The van der Waals surface area contributed by atoms with Crippen molar-refractivity contribution in [2.75, 3.05) is 13.2 Å². The fourth-order valence-corrected chi connectivity index (χ4v) is 3.12. The Balaban J connectivity index is 1.78. The molecule has 0 atom stereocenters. The van der Waals surface area contributed by atoms with Crippen LogP contribution in [0.2, 0.25) is 5.02 Å². The molecule has 2 aromatic rings. The molecule has 1 N–H and O–H groups in total. The Bertz CT molecular complexity index is 857. The van der Waals surface area contributed by atoms with Gasteiger partial charge in [-0.05, 0) is 62.4 Å². The molecule has 2 rings (SSSR count). The summed E-state index contributed by atoms with van der Waals surface area (Å²) in [5.41, 5.74) is 0.848. The van der Waals surface area contributed by atoms with E-state index in [0.29, 0.717) is 19.0 Å². The number of halogens is 1. The number of hydrogen-bond donors (Lipinski definition) is 1. The van der Waals surface area contributed by atoms with Crippen LogP contribution in [0.3, 0.4) is 0 Å². The zero-order valence-electron chi connectivity index (χ0n) is 17.1. The fourth-order valence-electron chi connectivity index (χ4n) is 2.92. The van der Waals surface area contributed by atoms with Crippen molar-refractivity contribution in [2.24, 2.45) is 0 Å². The molecule has 0 radical (unpaired) electrons. The first-order valence-electron chi connectivity index (χ1n) is 10.0. The minimum Gasteiger partial charge on any atom is -0.493 e. The summed E-state index contributed by atoms with van der Waals surface area (Å²) in [6.45, 7) is 4.66. The van der Waals surface area contributed by atoms with Crippen molar-refractivity contribution in [1.82, 2.24) is 0 Å². The minimum atomic E-state index is -0.326. The van der Waals surface area contributed by atoms with E-state index in [1.54, 1.807) is 12.2 Å². The maximum absolute atomic E-state index is 12.2. The lowest BCUT2D eigenvalue weighted by atomic mass is 10.1. The zero-order valence-corrected chi connectivity index (χ0v) is 17.8. The number of aliphatic hydroxyl groups is 1. The first-order valence-corrected chi connectivity index (χ1v) is 10.4. The molecule has 0 fully saturated rings. The normalized spacial score (nSPS) is 11.2. The first kappa shape index (κ1) is 23.0. The van der Waals surface area contributed by atoms with Crippen LogP contribution in [-0.2, 0) is 13.0 Å². The molecule has 0 bridgehead atoms. The van der Waals surface area contributed by atoms with Crippen LogP contribution in [0.15, 0.2) is 39.6 Å². The van der Waals surface area contributed by atoms with E-state index in [-0.39, 0.29) is 23.5 Å². The lowest BCUT2D eigenvalue weighted by Gasteiger charge is -2.12. The average molecular weight is 421 g/mol. The molecule has 1 aromatic heterocycles. The van der Waals surface area contributed by atoms with Crippen molar-refractivity contribution in [2.45, 2.75) is 52.6 Å². The predicted molar refractivity (Wildman–Crippen MR) is 116 cm³/mol. The van der Waals surface area contributed by atoms with Gasteiger partial charge in [0.2, 0.25) is 11.2 Å². The van der Waals surface area contributed by atoms with E-state index >= 15 is 0 Å². The number of aliphatic hydroxyl groups excluding tert-OH is 1. The first-order chi connectivity index (χ1) is 14.1. The molecule has 158 valence electrons. The average Bonchev–Trinajstić information content (AvgIpc) is 2.70. The third-order valence-electron chi connectivity index (χ3n) is 4.29. The van der Waals surface area contributed by atoms with E-state index in [1.165, 1.54) is 6.07 Å². The highest BCUT2D eigenvalue weighted by Crippen LogP contribution is 2.24. The Morgan fingerprint density at radius 2 is 1.90 bits per heavy atom. The molecule has 0 saturated heterocycles. The maximum Gasteiger partial charge on any atom is 0.227 e. The summed E-state index contributed by atoms with van der Waals surface area (Å²) in [7, 11) is 0. The lowest BCUT2D eigenvalue weighted by Crippen LogP contribution is -2.11. The van der Waals surface area contributed by atoms with Gasteiger partial charge in [-0.2, -0.15) is 0 Å². The summed E-state index contributed by atoms with van der Waals surface area (Å²) >= 11 is 6.07. The molecular formula is C23H29ClO5. The molecule has 0 aliphatic carbocycles. The molecule has 0 spiro atoms. The molecular weight excluding hydrogens is 392 g/mol. The van der Waals surface area contributed by atoms with Crippen molar-refractivity contribution in [3.05, 3.63) is 62.7 Å². The predicted octanol–water partition coefficient (Wildman–Crippen LogP) is 5.40. The zero-order chi connectivity index (χ0) is 21.1. The Morgan fingerprint density at radius 3 is 2.59 bits per heavy atom. The van der Waals surface area contributed by atoms with Gasteiger partial charge in [0, 0.05) is 11.1 Å². The van der Waals surface area contributed by atoms with Crippen molar-refractivity contribution in [3.8, 4) is 11.5 Å². The highest BCUT2D eigenvalue weighted by Gasteiger charge is 2.11. The third kappa shape index (κ3) is 7.26. The number of rotatable bonds is 12. The molecule has 0 saturated carbocycles. The summed E-state index contributed by atoms with van der Waals surface area (Å²) in [6, 6.07) is 6.99. The summed E-state index contributed by atoms with van der Waals surface area (Å²) in [4.78, 5) is 12.2. The van der Waals surface area contributed by atoms with Crippen molar-refractivity contribution < 1.29 is 19.0 Å². The van der Waals surface area contributed by atoms with Gasteiger partial charge < -0.3 is 19.0 Å². The van der Waals surface area contributed by atoms with Crippen LogP contribution in [0.1, 0.15) is 56.6 Å². The molecule has 0 aliphatic rings. The van der Waals surface area contributed by atoms with Crippen LogP contribution < -0.4 is 14.9 Å². The van der Waals surface area contributed by atoms with E-state index in [1.807, 2.05) is 25.1 Å². The van der Waals surface area contributed by atoms with Crippen LogP contribution >= 0.6 is 11.6 Å². The topological polar surface area (TPSA) is 68.9 Å². The lowest BCUT2D eigenvalue weighted by molar-refractivity contribution is 0.234. The second-order valence-corrected chi connectivity index (χ2v) is 7.12. The Hall–Kier alpha value is -2.24. The molecule has 6 heteroatoms. The van der Waals surface area contributed by atoms with Gasteiger partial charge in [-0.15, -0.1) is 0 Å². The number of ether oxygens (including phenoxy) is 2. The van der Waals surface area contributed by atoms with Gasteiger partial charge in [0.25, 0.3) is 0 Å². The quantitative estimate of drug-likeness (QED) is 0.465. The van der Waals surface area contributed by atoms with Gasteiger partial charge in [-0.3, -0.25) is 4.79 Å². The molecule has 0 unspecified atom stereocenters. The molecule has 1 heterocycles.